The summed E-state index contributed by atoms with van der Waals surface area (Å²) in [7, 11) is 0. The number of carbonyl (C=O) groups excluding carboxylic acids is 1. The van der Waals surface area contributed by atoms with Crippen LogP contribution in [0.25, 0.3) is 0 Å². The summed E-state index contributed by atoms with van der Waals surface area (Å²) in [6, 6.07) is 6.30. The monoisotopic (exact) mass is 472 g/mol. The Kier molecular flexibility index (Phi) is 7.87. The van der Waals surface area contributed by atoms with Crippen LogP contribution in [0.5, 0.6) is 0 Å². The van der Waals surface area contributed by atoms with Crippen LogP contribution in [0.4, 0.5) is 17.5 Å². The molecule has 0 radical (unpaired) electrons. The Morgan fingerprint density at radius 1 is 1.13 bits per heavy atom. The average Bonchev–Trinajstić information content (AvgIpc) is 2.70. The Morgan fingerprint density at radius 2 is 1.90 bits per heavy atom. The first kappa shape index (κ1) is 22.7. The smallest absolute Gasteiger partial charge is 0.229 e. The van der Waals surface area contributed by atoms with Gasteiger partial charge in [-0.2, -0.15) is 4.98 Å². The van der Waals surface area contributed by atoms with E-state index in [0.717, 1.165) is 53.0 Å². The second kappa shape index (κ2) is 10.4. The fraction of sp³-hybridized carbons (Fsp3) is 0.542. The van der Waals surface area contributed by atoms with Crippen LogP contribution in [0.1, 0.15) is 82.0 Å². The Balaban J connectivity index is 1.82. The van der Waals surface area contributed by atoms with Gasteiger partial charge in [-0.25, -0.2) is 4.98 Å². The Bertz CT molecular complexity index is 897. The molecule has 1 aliphatic rings. The Hall–Kier alpha value is -1.95. The third kappa shape index (κ3) is 5.39. The van der Waals surface area contributed by atoms with Crippen LogP contribution in [0.3, 0.4) is 0 Å². The number of aryl methyl sites for hydroxylation is 1. The molecular weight excluding hydrogens is 440 g/mol. The molecule has 30 heavy (non-hydrogen) atoms. The van der Waals surface area contributed by atoms with Gasteiger partial charge in [0.1, 0.15) is 5.82 Å². The lowest BCUT2D eigenvalue weighted by molar-refractivity contribution is -0.119. The van der Waals surface area contributed by atoms with E-state index in [-0.39, 0.29) is 5.91 Å². The first-order chi connectivity index (χ1) is 14.4. The highest BCUT2D eigenvalue weighted by Gasteiger charge is 2.27. The van der Waals surface area contributed by atoms with Crippen molar-refractivity contribution in [3.05, 3.63) is 39.5 Å². The van der Waals surface area contributed by atoms with Gasteiger partial charge in [0.2, 0.25) is 11.9 Å². The molecule has 1 amide bonds. The van der Waals surface area contributed by atoms with Gasteiger partial charge in [0.25, 0.3) is 0 Å². The van der Waals surface area contributed by atoms with Crippen molar-refractivity contribution in [2.24, 2.45) is 0 Å². The number of hydrogen-bond acceptors (Lipinski definition) is 4. The van der Waals surface area contributed by atoms with Gasteiger partial charge in [-0.1, -0.05) is 52.5 Å². The number of aromatic nitrogens is 2. The zero-order valence-corrected chi connectivity index (χ0v) is 20.2. The summed E-state index contributed by atoms with van der Waals surface area (Å²) in [5.74, 6) is 1.96. The molecule has 0 unspecified atom stereocenters. The number of rotatable bonds is 9. The lowest BCUT2D eigenvalue weighted by Crippen LogP contribution is -2.37. The van der Waals surface area contributed by atoms with E-state index in [1.807, 2.05) is 17.9 Å². The minimum Gasteiger partial charge on any atom is -0.323 e. The van der Waals surface area contributed by atoms with E-state index in [1.54, 1.807) is 0 Å². The molecule has 0 fully saturated rings. The number of nitrogens with zero attached hydrogens (tertiary/aromatic N) is 3. The molecule has 2 heterocycles. The van der Waals surface area contributed by atoms with Crippen molar-refractivity contribution in [3.63, 3.8) is 0 Å². The third-order valence-corrected chi connectivity index (χ3v) is 6.39. The molecule has 5 nitrogen and oxygen atoms in total. The van der Waals surface area contributed by atoms with Crippen LogP contribution in [0, 0.1) is 6.92 Å². The lowest BCUT2D eigenvalue weighted by atomic mass is 10.0. The third-order valence-electron chi connectivity index (χ3n) is 5.73. The number of amides is 1. The molecule has 0 saturated carbocycles. The topological polar surface area (TPSA) is 58.1 Å². The molecule has 0 saturated heterocycles. The fourth-order valence-corrected chi connectivity index (χ4v) is 4.35. The Labute approximate surface area is 188 Å². The quantitative estimate of drug-likeness (QED) is 0.414. The predicted molar refractivity (Wildman–Crippen MR) is 128 cm³/mol. The maximum absolute atomic E-state index is 12.7. The zero-order valence-electron chi connectivity index (χ0n) is 18.6. The average molecular weight is 473 g/mol. The van der Waals surface area contributed by atoms with Crippen molar-refractivity contribution in [1.29, 1.82) is 0 Å². The second-order valence-corrected chi connectivity index (χ2v) is 9.27. The summed E-state index contributed by atoms with van der Waals surface area (Å²) in [4.78, 5) is 24.0. The summed E-state index contributed by atoms with van der Waals surface area (Å²) in [5.41, 5.74) is 4.24. The molecular formula is C24H33BrN4O. The maximum Gasteiger partial charge on any atom is 0.229 e. The summed E-state index contributed by atoms with van der Waals surface area (Å²) in [5, 5.41) is 3.34. The molecule has 2 aromatic rings. The van der Waals surface area contributed by atoms with Crippen molar-refractivity contribution < 1.29 is 4.79 Å². The molecule has 1 aromatic heterocycles. The standard InChI is InChI=1S/C24H33BrN4O/c1-5-6-7-8-9-14-29-22(30)13-11-19-17(4)26-24(28-23(19)29)27-21-12-10-18(16(2)3)15-20(21)25/h10,12,15-16H,5-9,11,13-14H2,1-4H3,(H,26,27,28). The summed E-state index contributed by atoms with van der Waals surface area (Å²) in [6.07, 6.45) is 7.13. The highest BCUT2D eigenvalue weighted by molar-refractivity contribution is 9.10. The van der Waals surface area contributed by atoms with Gasteiger partial charge in [0.15, 0.2) is 0 Å². The second-order valence-electron chi connectivity index (χ2n) is 8.41. The summed E-state index contributed by atoms with van der Waals surface area (Å²) < 4.78 is 0.983. The van der Waals surface area contributed by atoms with Crippen molar-refractivity contribution in [1.82, 2.24) is 9.97 Å². The number of halogens is 1. The molecule has 0 atom stereocenters. The summed E-state index contributed by atoms with van der Waals surface area (Å²) in [6.45, 7) is 9.32. The molecule has 3 rings (SSSR count). The Morgan fingerprint density at radius 3 is 2.60 bits per heavy atom. The SMILES string of the molecule is CCCCCCCN1C(=O)CCc2c(C)nc(Nc3ccc(C(C)C)cc3Br)nc21. The van der Waals surface area contributed by atoms with Crippen LogP contribution in [0.2, 0.25) is 0 Å². The number of nitrogens with one attached hydrogen (secondary N) is 1. The molecule has 6 heteroatoms. The largest absolute Gasteiger partial charge is 0.323 e. The van der Waals surface area contributed by atoms with E-state index in [2.05, 4.69) is 59.1 Å². The highest BCUT2D eigenvalue weighted by Crippen LogP contribution is 2.32. The zero-order chi connectivity index (χ0) is 21.7. The van der Waals surface area contributed by atoms with E-state index in [9.17, 15) is 4.79 Å². The van der Waals surface area contributed by atoms with Crippen LogP contribution >= 0.6 is 15.9 Å². The van der Waals surface area contributed by atoms with Gasteiger partial charge in [-0.05, 0) is 59.3 Å². The van der Waals surface area contributed by atoms with Gasteiger partial charge in [-0.3, -0.25) is 9.69 Å². The van der Waals surface area contributed by atoms with Crippen molar-refractivity contribution in [3.8, 4) is 0 Å². The molecule has 0 spiro atoms. The first-order valence-electron chi connectivity index (χ1n) is 11.1. The van der Waals surface area contributed by atoms with Crippen LogP contribution in [-0.4, -0.2) is 22.4 Å². The number of benzene rings is 1. The van der Waals surface area contributed by atoms with Crippen molar-refractivity contribution >= 4 is 39.3 Å². The maximum atomic E-state index is 12.7. The normalized spacial score (nSPS) is 13.7. The van der Waals surface area contributed by atoms with Gasteiger partial charge in [0, 0.05) is 28.7 Å². The number of anilines is 3. The number of hydrogen-bond donors (Lipinski definition) is 1. The molecule has 0 aliphatic carbocycles. The molecule has 162 valence electrons. The van der Waals surface area contributed by atoms with E-state index in [1.165, 1.54) is 24.8 Å². The molecule has 1 aliphatic heterocycles. The van der Waals surface area contributed by atoms with Crippen LogP contribution in [-0.2, 0) is 11.2 Å². The molecule has 1 N–H and O–H groups in total. The van der Waals surface area contributed by atoms with Gasteiger partial charge >= 0.3 is 0 Å². The minimum absolute atomic E-state index is 0.171. The molecule has 0 bridgehead atoms. The number of fused-ring (bicyclic) bond motifs is 1. The van der Waals surface area contributed by atoms with Crippen LogP contribution in [0.15, 0.2) is 22.7 Å². The van der Waals surface area contributed by atoms with Gasteiger partial charge in [0.05, 0.1) is 5.69 Å². The lowest BCUT2D eigenvalue weighted by Gasteiger charge is -2.29. The summed E-state index contributed by atoms with van der Waals surface area (Å²) >= 11 is 3.66. The molecule has 1 aromatic carbocycles. The minimum atomic E-state index is 0.171. The van der Waals surface area contributed by atoms with Crippen molar-refractivity contribution in [2.75, 3.05) is 16.8 Å². The highest BCUT2D eigenvalue weighted by atomic mass is 79.9. The van der Waals surface area contributed by atoms with E-state index in [4.69, 9.17) is 4.98 Å². The predicted octanol–water partition coefficient (Wildman–Crippen LogP) is 6.66. The number of unbranched alkanes of at least 4 members (excludes halogenated alkanes) is 4. The van der Waals surface area contributed by atoms with Crippen LogP contribution < -0.4 is 10.2 Å². The first-order valence-corrected chi connectivity index (χ1v) is 11.9. The van der Waals surface area contributed by atoms with Gasteiger partial charge < -0.3 is 5.32 Å². The van der Waals surface area contributed by atoms with E-state index < -0.39 is 0 Å². The fourth-order valence-electron chi connectivity index (χ4n) is 3.85. The van der Waals surface area contributed by atoms with E-state index in [0.29, 0.717) is 18.3 Å². The van der Waals surface area contributed by atoms with Gasteiger partial charge in [-0.15, -0.1) is 0 Å². The van der Waals surface area contributed by atoms with E-state index >= 15 is 0 Å². The van der Waals surface area contributed by atoms with Crippen molar-refractivity contribution in [2.45, 2.75) is 78.6 Å². The number of carbonyl (C=O) groups is 1.